The van der Waals surface area contributed by atoms with Crippen LogP contribution in [0.3, 0.4) is 0 Å². The van der Waals surface area contributed by atoms with E-state index in [1.807, 2.05) is 6.07 Å². The number of piperazine rings is 1. The van der Waals surface area contributed by atoms with Gasteiger partial charge < -0.3 is 14.4 Å². The van der Waals surface area contributed by atoms with Crippen LogP contribution in [0.5, 0.6) is 5.88 Å². The molecule has 2 aliphatic heterocycles. The van der Waals surface area contributed by atoms with E-state index < -0.39 is 0 Å². The molecule has 0 bridgehead atoms. The summed E-state index contributed by atoms with van der Waals surface area (Å²) in [5.41, 5.74) is 4.91. The Hall–Kier alpha value is -2.70. The molecular weight excluding hydrogens is 364 g/mol. The number of hydrogen-bond donors (Lipinski definition) is 0. The summed E-state index contributed by atoms with van der Waals surface area (Å²) in [5.74, 6) is 0.628. The van der Waals surface area contributed by atoms with E-state index in [1.165, 1.54) is 16.8 Å². The summed E-state index contributed by atoms with van der Waals surface area (Å²) >= 11 is 0. The van der Waals surface area contributed by atoms with Gasteiger partial charge in [0, 0.05) is 38.4 Å². The summed E-state index contributed by atoms with van der Waals surface area (Å²) in [6.07, 6.45) is 2.76. The van der Waals surface area contributed by atoms with E-state index in [-0.39, 0.29) is 6.10 Å². The first-order chi connectivity index (χ1) is 14.3. The molecule has 29 heavy (non-hydrogen) atoms. The van der Waals surface area contributed by atoms with Crippen molar-refractivity contribution in [2.24, 2.45) is 0 Å². The van der Waals surface area contributed by atoms with Gasteiger partial charge in [0.2, 0.25) is 5.88 Å². The van der Waals surface area contributed by atoms with Crippen LogP contribution in [0, 0.1) is 0 Å². The molecule has 150 valence electrons. The zero-order valence-electron chi connectivity index (χ0n) is 16.8. The SMILES string of the molecule is COc1ncnc2ccc(N3CCN(CC4OCCc5ccccc54)CC3)cc12. The van der Waals surface area contributed by atoms with Gasteiger partial charge in [0.05, 0.1) is 30.7 Å². The standard InChI is InChI=1S/C23H26N4O2/c1-28-23-20-14-18(6-7-21(20)24-16-25-23)27-11-9-26(10-12-27)15-22-19-5-3-2-4-17(19)8-13-29-22/h2-7,14,16,22H,8-13,15H2,1H3. The zero-order chi connectivity index (χ0) is 19.6. The number of fused-ring (bicyclic) bond motifs is 2. The van der Waals surface area contributed by atoms with Crippen molar-refractivity contribution in [3.05, 3.63) is 59.9 Å². The summed E-state index contributed by atoms with van der Waals surface area (Å²) in [6, 6.07) is 15.0. The maximum absolute atomic E-state index is 6.11. The molecule has 5 rings (SSSR count). The molecular formula is C23H26N4O2. The van der Waals surface area contributed by atoms with Gasteiger partial charge in [0.25, 0.3) is 0 Å². The Bertz CT molecular complexity index is 1000. The van der Waals surface area contributed by atoms with Crippen LogP contribution in [0.1, 0.15) is 17.2 Å². The lowest BCUT2D eigenvalue weighted by atomic mass is 9.97. The molecule has 1 unspecified atom stereocenters. The number of aromatic nitrogens is 2. The lowest BCUT2D eigenvalue weighted by molar-refractivity contribution is 0.0148. The van der Waals surface area contributed by atoms with Gasteiger partial charge in [-0.15, -0.1) is 0 Å². The van der Waals surface area contributed by atoms with E-state index in [0.717, 1.165) is 56.7 Å². The summed E-state index contributed by atoms with van der Waals surface area (Å²) in [4.78, 5) is 13.5. The monoisotopic (exact) mass is 390 g/mol. The van der Waals surface area contributed by atoms with Crippen molar-refractivity contribution in [3.63, 3.8) is 0 Å². The maximum Gasteiger partial charge on any atom is 0.224 e. The molecule has 0 spiro atoms. The van der Waals surface area contributed by atoms with Gasteiger partial charge in [-0.2, -0.15) is 0 Å². The zero-order valence-corrected chi connectivity index (χ0v) is 16.8. The van der Waals surface area contributed by atoms with Crippen LogP contribution in [0.25, 0.3) is 10.9 Å². The average Bonchev–Trinajstić information content (AvgIpc) is 2.79. The fraction of sp³-hybridized carbons (Fsp3) is 0.391. The quantitative estimate of drug-likeness (QED) is 0.682. The molecule has 0 saturated carbocycles. The number of methoxy groups -OCH3 is 1. The predicted octanol–water partition coefficient (Wildman–Crippen LogP) is 3.07. The molecule has 0 amide bonds. The van der Waals surface area contributed by atoms with Crippen LogP contribution in [-0.4, -0.2) is 61.3 Å². The van der Waals surface area contributed by atoms with Gasteiger partial charge in [-0.1, -0.05) is 24.3 Å². The summed E-state index contributed by atoms with van der Waals surface area (Å²) in [5, 5.41) is 0.960. The van der Waals surface area contributed by atoms with Crippen LogP contribution in [0.15, 0.2) is 48.8 Å². The summed E-state index contributed by atoms with van der Waals surface area (Å²) < 4.78 is 11.5. The highest BCUT2D eigenvalue weighted by atomic mass is 16.5. The fourth-order valence-electron chi connectivity index (χ4n) is 4.43. The third-order valence-electron chi connectivity index (χ3n) is 6.03. The minimum atomic E-state index is 0.188. The number of benzene rings is 2. The summed E-state index contributed by atoms with van der Waals surface area (Å²) in [7, 11) is 1.65. The lowest BCUT2D eigenvalue weighted by Crippen LogP contribution is -2.48. The molecule has 0 N–H and O–H groups in total. The number of ether oxygens (including phenoxy) is 2. The molecule has 2 aromatic carbocycles. The van der Waals surface area contributed by atoms with Crippen molar-refractivity contribution in [1.29, 1.82) is 0 Å². The molecule has 3 heterocycles. The number of anilines is 1. The highest BCUT2D eigenvalue weighted by Crippen LogP contribution is 2.29. The van der Waals surface area contributed by atoms with Gasteiger partial charge in [0.1, 0.15) is 6.33 Å². The minimum Gasteiger partial charge on any atom is -0.480 e. The van der Waals surface area contributed by atoms with Gasteiger partial charge in [-0.3, -0.25) is 4.90 Å². The van der Waals surface area contributed by atoms with Crippen LogP contribution in [0.4, 0.5) is 5.69 Å². The Labute approximate surface area is 171 Å². The third kappa shape index (κ3) is 3.66. The summed E-state index contributed by atoms with van der Waals surface area (Å²) in [6.45, 7) is 5.84. The molecule has 1 saturated heterocycles. The van der Waals surface area contributed by atoms with Crippen LogP contribution in [0.2, 0.25) is 0 Å². The number of hydrogen-bond acceptors (Lipinski definition) is 6. The van der Waals surface area contributed by atoms with E-state index >= 15 is 0 Å². The Morgan fingerprint density at radius 2 is 1.93 bits per heavy atom. The van der Waals surface area contributed by atoms with Crippen molar-refractivity contribution in [2.45, 2.75) is 12.5 Å². The topological polar surface area (TPSA) is 50.7 Å². The lowest BCUT2D eigenvalue weighted by Gasteiger charge is -2.38. The van der Waals surface area contributed by atoms with E-state index in [9.17, 15) is 0 Å². The first-order valence-electron chi connectivity index (χ1n) is 10.3. The largest absolute Gasteiger partial charge is 0.480 e. The number of nitrogens with zero attached hydrogens (tertiary/aromatic N) is 4. The Balaban J connectivity index is 1.26. The Morgan fingerprint density at radius 3 is 2.79 bits per heavy atom. The maximum atomic E-state index is 6.11. The van der Waals surface area contributed by atoms with Crippen molar-refractivity contribution in [2.75, 3.05) is 51.3 Å². The molecule has 1 fully saturated rings. The van der Waals surface area contributed by atoms with Gasteiger partial charge in [0.15, 0.2) is 0 Å². The van der Waals surface area contributed by atoms with Crippen molar-refractivity contribution < 1.29 is 9.47 Å². The minimum absolute atomic E-state index is 0.188. The predicted molar refractivity (Wildman–Crippen MR) is 114 cm³/mol. The third-order valence-corrected chi connectivity index (χ3v) is 6.03. The smallest absolute Gasteiger partial charge is 0.224 e. The van der Waals surface area contributed by atoms with Crippen molar-refractivity contribution in [1.82, 2.24) is 14.9 Å². The first-order valence-corrected chi connectivity index (χ1v) is 10.3. The molecule has 3 aromatic rings. The van der Waals surface area contributed by atoms with E-state index in [2.05, 4.69) is 56.2 Å². The molecule has 2 aliphatic rings. The highest BCUT2D eigenvalue weighted by Gasteiger charge is 2.25. The van der Waals surface area contributed by atoms with E-state index in [1.54, 1.807) is 13.4 Å². The second-order valence-corrected chi connectivity index (χ2v) is 7.68. The van der Waals surface area contributed by atoms with Crippen LogP contribution < -0.4 is 9.64 Å². The molecule has 0 radical (unpaired) electrons. The van der Waals surface area contributed by atoms with Crippen LogP contribution in [-0.2, 0) is 11.2 Å². The second-order valence-electron chi connectivity index (χ2n) is 7.68. The normalized spacial score (nSPS) is 19.9. The molecule has 1 atom stereocenters. The Kier molecular flexibility index (Phi) is 5.04. The van der Waals surface area contributed by atoms with Crippen molar-refractivity contribution in [3.8, 4) is 5.88 Å². The first kappa shape index (κ1) is 18.3. The highest BCUT2D eigenvalue weighted by molar-refractivity contribution is 5.86. The molecule has 1 aromatic heterocycles. The molecule has 6 heteroatoms. The van der Waals surface area contributed by atoms with Gasteiger partial charge >= 0.3 is 0 Å². The van der Waals surface area contributed by atoms with E-state index in [0.29, 0.717) is 5.88 Å². The fourth-order valence-corrected chi connectivity index (χ4v) is 4.43. The average molecular weight is 390 g/mol. The molecule has 0 aliphatic carbocycles. The molecule has 6 nitrogen and oxygen atoms in total. The number of rotatable bonds is 4. The Morgan fingerprint density at radius 1 is 1.07 bits per heavy atom. The van der Waals surface area contributed by atoms with Crippen LogP contribution >= 0.6 is 0 Å². The second kappa shape index (κ2) is 7.97. The van der Waals surface area contributed by atoms with E-state index in [4.69, 9.17) is 9.47 Å². The van der Waals surface area contributed by atoms with Gasteiger partial charge in [-0.05, 0) is 35.7 Å². The van der Waals surface area contributed by atoms with Crippen molar-refractivity contribution >= 4 is 16.6 Å². The van der Waals surface area contributed by atoms with Gasteiger partial charge in [-0.25, -0.2) is 9.97 Å².